The van der Waals surface area contributed by atoms with Gasteiger partial charge in [0.05, 0.1) is 31.6 Å². The van der Waals surface area contributed by atoms with Crippen molar-refractivity contribution in [2.75, 3.05) is 20.8 Å². The number of nitrogens with one attached hydrogen (secondary N) is 1. The van der Waals surface area contributed by atoms with E-state index in [0.29, 0.717) is 5.56 Å². The molecule has 2 atom stereocenters. The molecular weight excluding hydrogens is 390 g/mol. The molecule has 2 heterocycles. The van der Waals surface area contributed by atoms with Gasteiger partial charge in [0.2, 0.25) is 0 Å². The van der Waals surface area contributed by atoms with Crippen LogP contribution < -0.4 is 9.47 Å². The van der Waals surface area contributed by atoms with Crippen LogP contribution in [0.3, 0.4) is 0 Å². The Morgan fingerprint density at radius 3 is 2.61 bits per heavy atom. The molecule has 0 saturated carbocycles. The first-order chi connectivity index (χ1) is 14.8. The molecule has 1 aliphatic carbocycles. The van der Waals surface area contributed by atoms with E-state index in [9.17, 15) is 4.79 Å². The monoisotopic (exact) mass is 419 g/mol. The number of likely N-dealkylation sites (tertiary alicyclic amines) is 1. The van der Waals surface area contributed by atoms with Crippen LogP contribution in [0.2, 0.25) is 0 Å². The Balaban J connectivity index is 1.57. The molecule has 6 nitrogen and oxygen atoms in total. The Morgan fingerprint density at radius 2 is 1.87 bits per heavy atom. The number of nitrogens with zero attached hydrogens (tertiary/aromatic N) is 2. The Kier molecular flexibility index (Phi) is 4.33. The van der Waals surface area contributed by atoms with Gasteiger partial charge in [-0.15, -0.1) is 0 Å². The van der Waals surface area contributed by atoms with Crippen LogP contribution in [-0.4, -0.2) is 47.6 Å². The van der Waals surface area contributed by atoms with E-state index in [1.807, 2.05) is 18.2 Å². The first-order valence-electron chi connectivity index (χ1n) is 10.8. The Bertz CT molecular complexity index is 1180. The number of rotatable bonds is 3. The summed E-state index contributed by atoms with van der Waals surface area (Å²) in [5.41, 5.74) is 4.87. The second-order valence-electron chi connectivity index (χ2n) is 9.52. The predicted molar refractivity (Wildman–Crippen MR) is 120 cm³/mol. The highest BCUT2D eigenvalue weighted by Gasteiger charge is 2.57. The Morgan fingerprint density at radius 1 is 1.13 bits per heavy atom. The van der Waals surface area contributed by atoms with E-state index >= 15 is 0 Å². The summed E-state index contributed by atoms with van der Waals surface area (Å²) in [6, 6.07) is 10.1. The second kappa shape index (κ2) is 6.74. The van der Waals surface area contributed by atoms with E-state index in [0.717, 1.165) is 41.9 Å². The molecule has 6 heteroatoms. The average Bonchev–Trinajstić information content (AvgIpc) is 3.23. The standard InChI is InChI=1S/C25H29N3O3/c1-24(2)22-12-16-11-20(30-4)21(31-5)13-17(16)25(24,3)8-9-28(22)23(29)15-6-7-18-19(10-15)27-14-26-18/h6-7,10-11,13-14,22H,8-9,12H2,1-5H3,(H,26,27). The number of ether oxygens (including phenoxy) is 2. The van der Waals surface area contributed by atoms with Gasteiger partial charge in [-0.1, -0.05) is 20.8 Å². The quantitative estimate of drug-likeness (QED) is 0.686. The van der Waals surface area contributed by atoms with Gasteiger partial charge in [0.25, 0.3) is 5.91 Å². The van der Waals surface area contributed by atoms with Gasteiger partial charge in [-0.3, -0.25) is 4.79 Å². The molecule has 2 bridgehead atoms. The molecule has 0 spiro atoms. The number of methoxy groups -OCH3 is 2. The second-order valence-corrected chi connectivity index (χ2v) is 9.52. The highest BCUT2D eigenvalue weighted by molar-refractivity contribution is 5.97. The SMILES string of the molecule is COc1cc2c(cc1OC)C1(C)CCN(C(=O)c3ccc4nc[nH]c4c3)C(C2)C1(C)C. The van der Waals surface area contributed by atoms with E-state index in [4.69, 9.17) is 9.47 Å². The van der Waals surface area contributed by atoms with Gasteiger partial charge in [0.1, 0.15) is 0 Å². The fourth-order valence-electron chi connectivity index (χ4n) is 5.72. The van der Waals surface area contributed by atoms with Crippen LogP contribution >= 0.6 is 0 Å². The number of H-pyrrole nitrogens is 1. The van der Waals surface area contributed by atoms with Crippen molar-refractivity contribution in [3.05, 3.63) is 53.3 Å². The third-order valence-electron chi connectivity index (χ3n) is 8.03. The zero-order chi connectivity index (χ0) is 22.0. The minimum Gasteiger partial charge on any atom is -0.493 e. The maximum absolute atomic E-state index is 13.6. The summed E-state index contributed by atoms with van der Waals surface area (Å²) in [5.74, 6) is 1.59. The normalized spacial score (nSPS) is 24.0. The van der Waals surface area contributed by atoms with Crippen molar-refractivity contribution in [1.29, 1.82) is 0 Å². The maximum Gasteiger partial charge on any atom is 0.254 e. The Labute approximate surface area is 182 Å². The summed E-state index contributed by atoms with van der Waals surface area (Å²) in [6.07, 6.45) is 3.36. The van der Waals surface area contributed by atoms with Crippen molar-refractivity contribution >= 4 is 16.9 Å². The number of hydrogen-bond acceptors (Lipinski definition) is 4. The average molecular weight is 420 g/mol. The highest BCUT2D eigenvalue weighted by Crippen LogP contribution is 2.57. The van der Waals surface area contributed by atoms with E-state index in [-0.39, 0.29) is 22.8 Å². The van der Waals surface area contributed by atoms with Crippen LogP contribution in [0, 0.1) is 5.41 Å². The molecular formula is C25H29N3O3. The first kappa shape index (κ1) is 19.9. The summed E-state index contributed by atoms with van der Waals surface area (Å²) < 4.78 is 11.2. The molecule has 1 amide bonds. The van der Waals surface area contributed by atoms with Crippen LogP contribution in [0.1, 0.15) is 48.7 Å². The smallest absolute Gasteiger partial charge is 0.254 e. The molecule has 162 valence electrons. The number of amides is 1. The Hall–Kier alpha value is -3.02. The summed E-state index contributed by atoms with van der Waals surface area (Å²) in [4.78, 5) is 23.1. The van der Waals surface area contributed by atoms with Crippen molar-refractivity contribution in [2.45, 2.75) is 45.1 Å². The molecule has 1 aromatic heterocycles. The molecule has 1 aliphatic heterocycles. The predicted octanol–water partition coefficient (Wildman–Crippen LogP) is 4.33. The number of carbonyl (C=O) groups excluding carboxylic acids is 1. The largest absolute Gasteiger partial charge is 0.493 e. The van der Waals surface area contributed by atoms with Gasteiger partial charge in [0, 0.05) is 23.6 Å². The lowest BCUT2D eigenvalue weighted by Crippen LogP contribution is -2.64. The number of hydrogen-bond donors (Lipinski definition) is 1. The molecule has 2 aliphatic rings. The molecule has 31 heavy (non-hydrogen) atoms. The molecule has 5 rings (SSSR count). The first-order valence-corrected chi connectivity index (χ1v) is 10.8. The number of imidazole rings is 1. The fourth-order valence-corrected chi connectivity index (χ4v) is 5.72. The molecule has 3 aromatic rings. The van der Waals surface area contributed by atoms with E-state index in [2.05, 4.69) is 47.8 Å². The topological polar surface area (TPSA) is 67.5 Å². The van der Waals surface area contributed by atoms with Crippen LogP contribution in [0.25, 0.3) is 11.0 Å². The lowest BCUT2D eigenvalue weighted by molar-refractivity contribution is -0.0263. The molecule has 2 unspecified atom stereocenters. The molecule has 0 radical (unpaired) electrons. The molecule has 1 fully saturated rings. The van der Waals surface area contributed by atoms with Gasteiger partial charge < -0.3 is 19.4 Å². The maximum atomic E-state index is 13.6. The molecule has 1 N–H and O–H groups in total. The lowest BCUT2D eigenvalue weighted by Gasteiger charge is -2.60. The minimum atomic E-state index is -0.0917. The van der Waals surface area contributed by atoms with E-state index < -0.39 is 0 Å². The van der Waals surface area contributed by atoms with Crippen LogP contribution in [-0.2, 0) is 11.8 Å². The summed E-state index contributed by atoms with van der Waals surface area (Å²) >= 11 is 0. The number of fused-ring (bicyclic) bond motifs is 5. The molecule has 1 saturated heterocycles. The zero-order valence-electron chi connectivity index (χ0n) is 18.8. The minimum absolute atomic E-state index is 0.0606. The third-order valence-corrected chi connectivity index (χ3v) is 8.03. The van der Waals surface area contributed by atoms with E-state index in [1.165, 1.54) is 11.1 Å². The van der Waals surface area contributed by atoms with Gasteiger partial charge in [-0.2, -0.15) is 0 Å². The van der Waals surface area contributed by atoms with Crippen molar-refractivity contribution < 1.29 is 14.3 Å². The summed E-state index contributed by atoms with van der Waals surface area (Å²) in [5, 5.41) is 0. The lowest BCUT2D eigenvalue weighted by atomic mass is 9.51. The van der Waals surface area contributed by atoms with Crippen molar-refractivity contribution in [2.24, 2.45) is 5.41 Å². The van der Waals surface area contributed by atoms with Crippen molar-refractivity contribution in [3.8, 4) is 11.5 Å². The number of aromatic nitrogens is 2. The molecule has 2 aromatic carbocycles. The fraction of sp³-hybridized carbons (Fsp3) is 0.440. The number of carbonyl (C=O) groups is 1. The summed E-state index contributed by atoms with van der Waals surface area (Å²) in [7, 11) is 3.35. The van der Waals surface area contributed by atoms with Gasteiger partial charge in [-0.25, -0.2) is 4.98 Å². The van der Waals surface area contributed by atoms with Crippen LogP contribution in [0.4, 0.5) is 0 Å². The number of aromatic amines is 1. The van der Waals surface area contributed by atoms with Crippen LogP contribution in [0.15, 0.2) is 36.7 Å². The number of piperidine rings is 1. The van der Waals surface area contributed by atoms with Gasteiger partial charge in [-0.05, 0) is 59.7 Å². The van der Waals surface area contributed by atoms with E-state index in [1.54, 1.807) is 20.5 Å². The highest BCUT2D eigenvalue weighted by atomic mass is 16.5. The van der Waals surface area contributed by atoms with Crippen molar-refractivity contribution in [1.82, 2.24) is 14.9 Å². The third kappa shape index (κ3) is 2.70. The van der Waals surface area contributed by atoms with Gasteiger partial charge >= 0.3 is 0 Å². The van der Waals surface area contributed by atoms with Crippen molar-refractivity contribution in [3.63, 3.8) is 0 Å². The van der Waals surface area contributed by atoms with Gasteiger partial charge in [0.15, 0.2) is 11.5 Å². The number of benzene rings is 2. The summed E-state index contributed by atoms with van der Waals surface area (Å²) in [6.45, 7) is 7.67. The van der Waals surface area contributed by atoms with Crippen LogP contribution in [0.5, 0.6) is 11.5 Å². The zero-order valence-corrected chi connectivity index (χ0v) is 18.8.